The molecular weight excluding hydrogens is 233 g/mol. The Labute approximate surface area is 112 Å². The molecule has 0 aromatic heterocycles. The maximum atomic E-state index is 11.0. The Bertz CT molecular complexity index is 346. The summed E-state index contributed by atoms with van der Waals surface area (Å²) < 4.78 is 11.0. The van der Waals surface area contributed by atoms with Crippen LogP contribution in [0.15, 0.2) is 28.0 Å². The van der Waals surface area contributed by atoms with Crippen LogP contribution in [-0.4, -0.2) is 15.7 Å². The zero-order valence-corrected chi connectivity index (χ0v) is 11.5. The van der Waals surface area contributed by atoms with Gasteiger partial charge in [-0.25, -0.2) is 0 Å². The van der Waals surface area contributed by atoms with Crippen LogP contribution in [0.2, 0.25) is 0 Å². The van der Waals surface area contributed by atoms with E-state index >= 15 is 0 Å². The molecule has 0 saturated carbocycles. The van der Waals surface area contributed by atoms with Crippen molar-refractivity contribution >= 4 is 29.5 Å². The number of nitro groups is 1. The van der Waals surface area contributed by atoms with E-state index in [4.69, 9.17) is 0 Å². The van der Waals surface area contributed by atoms with Crippen LogP contribution in [0, 0.1) is 10.1 Å². The molecule has 1 unspecified atom stereocenters. The first-order chi connectivity index (χ1) is 6.02. The van der Waals surface area contributed by atoms with Crippen molar-refractivity contribution in [3.63, 3.8) is 0 Å². The van der Waals surface area contributed by atoms with Crippen LogP contribution in [0.1, 0.15) is 0 Å². The van der Waals surface area contributed by atoms with E-state index in [9.17, 15) is 14.7 Å². The molecule has 1 aromatic rings. The van der Waals surface area contributed by atoms with Gasteiger partial charge in [-0.2, -0.15) is 0 Å². The molecule has 0 aliphatic heterocycles. The number of rotatable bonds is 2. The van der Waals surface area contributed by atoms with Crippen molar-refractivity contribution in [2.24, 2.45) is 0 Å². The van der Waals surface area contributed by atoms with Crippen LogP contribution in [0.5, 0.6) is 0 Å². The maximum absolute atomic E-state index is 11.0. The summed E-state index contributed by atoms with van der Waals surface area (Å²) in [7, 11) is 0. The molecule has 0 spiro atoms. The molecule has 0 fully saturated rings. The molecule has 1 atom stereocenters. The number of hydrogen-bond donors (Lipinski definition) is 1. The Balaban J connectivity index is 0.00000169. The van der Waals surface area contributed by atoms with Crippen molar-refractivity contribution in [2.75, 3.05) is 6.26 Å². The van der Waals surface area contributed by atoms with Crippen molar-refractivity contribution in [1.82, 2.24) is 0 Å². The molecule has 14 heavy (non-hydrogen) atoms. The average Bonchev–Trinajstić information content (AvgIpc) is 2.04. The summed E-state index contributed by atoms with van der Waals surface area (Å²) in [4.78, 5) is 10.6. The third-order valence-corrected chi connectivity index (χ3v) is 2.77. The molecule has 0 radical (unpaired) electrons. The minimum atomic E-state index is -1.20. The topological polar surface area (TPSA) is 66.2 Å². The zero-order chi connectivity index (χ0) is 10.0. The molecule has 70 valence electrons. The van der Waals surface area contributed by atoms with Gasteiger partial charge in [-0.05, 0) is 23.3 Å². The van der Waals surface area contributed by atoms with Crippen molar-refractivity contribution in [3.05, 3.63) is 28.3 Å². The number of nitrogens with zero attached hydrogens (tertiary/aromatic N) is 1. The molecule has 4 nitrogen and oxygen atoms in total. The summed E-state index contributed by atoms with van der Waals surface area (Å²) in [6.45, 7) is 0. The SMILES string of the molecule is C[S+]([O-])c1ccc(S)c([N+](=O)[O-])c1.[Na+]. The Kier molecular flexibility index (Phi) is 6.11. The van der Waals surface area contributed by atoms with Gasteiger partial charge in [0.2, 0.25) is 0 Å². The molecule has 0 aliphatic rings. The van der Waals surface area contributed by atoms with Gasteiger partial charge < -0.3 is 4.55 Å². The Morgan fingerprint density at radius 2 is 2.07 bits per heavy atom. The van der Waals surface area contributed by atoms with Crippen LogP contribution in [0.3, 0.4) is 0 Å². The van der Waals surface area contributed by atoms with Crippen molar-refractivity contribution in [3.8, 4) is 0 Å². The molecule has 0 saturated heterocycles. The van der Waals surface area contributed by atoms with Gasteiger partial charge in [0.15, 0.2) is 4.90 Å². The minimum Gasteiger partial charge on any atom is -0.612 e. The third-order valence-electron chi connectivity index (χ3n) is 1.48. The van der Waals surface area contributed by atoms with Gasteiger partial charge in [0.05, 0.1) is 15.9 Å². The quantitative estimate of drug-likeness (QED) is 0.228. The van der Waals surface area contributed by atoms with Gasteiger partial charge in [0.25, 0.3) is 5.69 Å². The van der Waals surface area contributed by atoms with Gasteiger partial charge in [-0.1, -0.05) is 0 Å². The fraction of sp³-hybridized carbons (Fsp3) is 0.143. The second-order valence-corrected chi connectivity index (χ2v) is 4.22. The van der Waals surface area contributed by atoms with Gasteiger partial charge in [-0.3, -0.25) is 10.1 Å². The normalized spacial score (nSPS) is 11.6. The molecule has 1 aromatic carbocycles. The predicted molar refractivity (Wildman–Crippen MR) is 52.7 cm³/mol. The van der Waals surface area contributed by atoms with E-state index < -0.39 is 16.1 Å². The van der Waals surface area contributed by atoms with Crippen LogP contribution >= 0.6 is 12.6 Å². The third kappa shape index (κ3) is 3.45. The van der Waals surface area contributed by atoms with Crippen LogP contribution in [-0.2, 0) is 11.2 Å². The number of benzene rings is 1. The molecule has 0 N–H and O–H groups in total. The van der Waals surface area contributed by atoms with Gasteiger partial charge >= 0.3 is 29.6 Å². The van der Waals surface area contributed by atoms with E-state index in [2.05, 4.69) is 12.6 Å². The first kappa shape index (κ1) is 14.3. The standard InChI is InChI=1S/C7H7NO3S2.Na/c1-13(11)5-2-3-7(12)6(4-5)8(9)10;/h2-4,12H,1H3;/q;+1. The summed E-state index contributed by atoms with van der Waals surface area (Å²) in [5, 5.41) is 10.5. The Morgan fingerprint density at radius 3 is 2.50 bits per heavy atom. The first-order valence-corrected chi connectivity index (χ1v) is 5.33. The molecule has 0 heterocycles. The van der Waals surface area contributed by atoms with Crippen LogP contribution in [0.25, 0.3) is 0 Å². The van der Waals surface area contributed by atoms with Crippen LogP contribution in [0.4, 0.5) is 5.69 Å². The number of hydrogen-bond acceptors (Lipinski definition) is 4. The molecular formula is C7H7NNaO3S2+. The fourth-order valence-electron chi connectivity index (χ4n) is 0.828. The predicted octanol–water partition coefficient (Wildman–Crippen LogP) is -1.38. The number of nitro benzene ring substituents is 1. The van der Waals surface area contributed by atoms with E-state index in [-0.39, 0.29) is 40.1 Å². The van der Waals surface area contributed by atoms with E-state index in [1.807, 2.05) is 0 Å². The van der Waals surface area contributed by atoms with E-state index in [1.165, 1.54) is 18.4 Å². The van der Waals surface area contributed by atoms with Gasteiger partial charge in [-0.15, -0.1) is 12.6 Å². The van der Waals surface area contributed by atoms with Crippen molar-refractivity contribution in [2.45, 2.75) is 9.79 Å². The van der Waals surface area contributed by atoms with Gasteiger partial charge in [0.1, 0.15) is 6.26 Å². The van der Waals surface area contributed by atoms with Gasteiger partial charge in [0, 0.05) is 0 Å². The zero-order valence-electron chi connectivity index (χ0n) is 7.76. The summed E-state index contributed by atoms with van der Waals surface area (Å²) in [6.07, 6.45) is 1.47. The molecule has 7 heteroatoms. The average molecular weight is 240 g/mol. The van der Waals surface area contributed by atoms with E-state index in [1.54, 1.807) is 6.07 Å². The van der Waals surface area contributed by atoms with Crippen molar-refractivity contribution < 1.29 is 39.0 Å². The fourth-order valence-corrected chi connectivity index (χ4v) is 1.59. The van der Waals surface area contributed by atoms with E-state index in [0.29, 0.717) is 4.90 Å². The summed E-state index contributed by atoms with van der Waals surface area (Å²) in [5.41, 5.74) is -0.115. The van der Waals surface area contributed by atoms with Crippen molar-refractivity contribution in [1.29, 1.82) is 0 Å². The second kappa shape index (κ2) is 5.99. The second-order valence-electron chi connectivity index (χ2n) is 2.36. The largest absolute Gasteiger partial charge is 1.00 e. The Hall–Kier alpha value is 0.280. The Morgan fingerprint density at radius 1 is 1.50 bits per heavy atom. The first-order valence-electron chi connectivity index (χ1n) is 3.33. The molecule has 0 amide bonds. The monoisotopic (exact) mass is 240 g/mol. The van der Waals surface area contributed by atoms with Crippen LogP contribution < -0.4 is 29.6 Å². The summed E-state index contributed by atoms with van der Waals surface area (Å²) >= 11 is 2.71. The molecule has 0 bridgehead atoms. The minimum absolute atomic E-state index is 0. The molecule has 0 aliphatic carbocycles. The smallest absolute Gasteiger partial charge is 0.612 e. The maximum Gasteiger partial charge on any atom is 1.00 e. The number of thiol groups is 1. The summed E-state index contributed by atoms with van der Waals surface area (Å²) in [5.74, 6) is 0. The van der Waals surface area contributed by atoms with E-state index in [0.717, 1.165) is 0 Å². The summed E-state index contributed by atoms with van der Waals surface area (Å²) in [6, 6.07) is 4.31. The molecule has 1 rings (SSSR count).